The van der Waals surface area contributed by atoms with Gasteiger partial charge in [-0.3, -0.25) is 10.1 Å². The van der Waals surface area contributed by atoms with E-state index in [1.807, 2.05) is 0 Å². The fraction of sp³-hybridized carbons (Fsp3) is 0.286. The van der Waals surface area contributed by atoms with Crippen LogP contribution in [-0.2, 0) is 19.1 Å². The van der Waals surface area contributed by atoms with Gasteiger partial charge in [-0.1, -0.05) is 11.6 Å². The van der Waals surface area contributed by atoms with E-state index < -0.39 is 22.6 Å². The molecule has 1 aromatic rings. The van der Waals surface area contributed by atoms with Crippen molar-refractivity contribution < 1.29 is 24.0 Å². The van der Waals surface area contributed by atoms with Crippen LogP contribution in [0.1, 0.15) is 19.4 Å². The number of nitrogens with one attached hydrogen (secondary N) is 1. The van der Waals surface area contributed by atoms with Crippen LogP contribution in [0.15, 0.2) is 23.9 Å². The van der Waals surface area contributed by atoms with Crippen molar-refractivity contribution in [1.82, 2.24) is 0 Å². The van der Waals surface area contributed by atoms with Crippen LogP contribution in [0, 0.1) is 17.0 Å². The highest BCUT2D eigenvalue weighted by atomic mass is 35.5. The lowest BCUT2D eigenvalue weighted by atomic mass is 10.1. The summed E-state index contributed by atoms with van der Waals surface area (Å²) in [5.41, 5.74) is 0.243. The van der Waals surface area contributed by atoms with Gasteiger partial charge in [0.15, 0.2) is 5.57 Å². The van der Waals surface area contributed by atoms with Crippen LogP contribution in [0.5, 0.6) is 0 Å². The van der Waals surface area contributed by atoms with E-state index in [2.05, 4.69) is 5.32 Å². The molecule has 1 heterocycles. The number of nitro groups is 1. The molecule has 23 heavy (non-hydrogen) atoms. The lowest BCUT2D eigenvalue weighted by molar-refractivity contribution is -0.384. The Bertz CT molecular complexity index is 719. The number of hydrogen-bond donors (Lipinski definition) is 1. The van der Waals surface area contributed by atoms with E-state index >= 15 is 0 Å². The molecule has 8 nitrogen and oxygen atoms in total. The van der Waals surface area contributed by atoms with Gasteiger partial charge < -0.3 is 14.8 Å². The maximum atomic E-state index is 11.8. The Morgan fingerprint density at radius 2 is 1.83 bits per heavy atom. The standard InChI is InChI=1S/C14H13ClN2O6/c1-7-9(4-5-10(11(7)15)17(20)21)16-6-8-12(18)22-14(2,3)23-13(8)19/h4-6,16H,1-3H3. The first-order chi connectivity index (χ1) is 10.6. The molecule has 0 spiro atoms. The second-order valence-electron chi connectivity index (χ2n) is 5.21. The Balaban J connectivity index is 2.27. The molecule has 0 amide bonds. The molecule has 1 aliphatic rings. The molecule has 0 aliphatic carbocycles. The van der Waals surface area contributed by atoms with Crippen molar-refractivity contribution in [3.63, 3.8) is 0 Å². The van der Waals surface area contributed by atoms with Gasteiger partial charge in [0.25, 0.3) is 11.5 Å². The number of carbonyl (C=O) groups is 2. The van der Waals surface area contributed by atoms with Crippen LogP contribution in [-0.4, -0.2) is 22.6 Å². The summed E-state index contributed by atoms with van der Waals surface area (Å²) in [6.45, 7) is 4.44. The molecule has 1 saturated heterocycles. The number of hydrogen-bond acceptors (Lipinski definition) is 7. The molecule has 1 N–H and O–H groups in total. The molecule has 0 atom stereocenters. The van der Waals surface area contributed by atoms with Gasteiger partial charge in [-0.2, -0.15) is 0 Å². The minimum Gasteiger partial charge on any atom is -0.419 e. The third kappa shape index (κ3) is 3.42. The van der Waals surface area contributed by atoms with Crippen molar-refractivity contribution in [2.45, 2.75) is 26.6 Å². The monoisotopic (exact) mass is 340 g/mol. The quantitative estimate of drug-likeness (QED) is 0.296. The maximum absolute atomic E-state index is 11.8. The molecule has 122 valence electrons. The van der Waals surface area contributed by atoms with E-state index in [1.54, 1.807) is 6.92 Å². The van der Waals surface area contributed by atoms with Gasteiger partial charge in [0.2, 0.25) is 0 Å². The van der Waals surface area contributed by atoms with Crippen molar-refractivity contribution in [3.05, 3.63) is 44.6 Å². The third-order valence-electron chi connectivity index (χ3n) is 3.05. The Kier molecular flexibility index (Phi) is 4.28. The van der Waals surface area contributed by atoms with Gasteiger partial charge >= 0.3 is 11.9 Å². The molecule has 9 heteroatoms. The van der Waals surface area contributed by atoms with Gasteiger partial charge in [-0.15, -0.1) is 0 Å². The first kappa shape index (κ1) is 16.8. The number of anilines is 1. The van der Waals surface area contributed by atoms with Crippen molar-refractivity contribution in [1.29, 1.82) is 0 Å². The second-order valence-corrected chi connectivity index (χ2v) is 5.59. The number of ether oxygens (including phenoxy) is 2. The molecular weight excluding hydrogens is 328 g/mol. The number of carbonyl (C=O) groups excluding carboxylic acids is 2. The molecule has 0 unspecified atom stereocenters. The van der Waals surface area contributed by atoms with Crippen LogP contribution < -0.4 is 5.32 Å². The molecule has 1 fully saturated rings. The number of esters is 2. The highest BCUT2D eigenvalue weighted by molar-refractivity contribution is 6.33. The fourth-order valence-corrected chi connectivity index (χ4v) is 2.13. The molecular formula is C14H13ClN2O6. The summed E-state index contributed by atoms with van der Waals surface area (Å²) in [5.74, 6) is -2.98. The zero-order valence-corrected chi connectivity index (χ0v) is 13.3. The number of rotatable bonds is 3. The lowest BCUT2D eigenvalue weighted by Gasteiger charge is -2.29. The zero-order valence-electron chi connectivity index (χ0n) is 12.5. The van der Waals surface area contributed by atoms with E-state index in [4.69, 9.17) is 21.1 Å². The average Bonchev–Trinajstić information content (AvgIpc) is 2.40. The molecule has 0 aromatic heterocycles. The van der Waals surface area contributed by atoms with Crippen LogP contribution in [0.2, 0.25) is 5.02 Å². The summed E-state index contributed by atoms with van der Waals surface area (Å²) in [5, 5.41) is 13.5. The highest BCUT2D eigenvalue weighted by Crippen LogP contribution is 2.32. The number of nitrogens with zero attached hydrogens (tertiary/aromatic N) is 1. The normalized spacial score (nSPS) is 16.4. The summed E-state index contributed by atoms with van der Waals surface area (Å²) in [7, 11) is 0. The summed E-state index contributed by atoms with van der Waals surface area (Å²) < 4.78 is 9.89. The first-order valence-corrected chi connectivity index (χ1v) is 6.87. The minimum absolute atomic E-state index is 0.0340. The molecule has 1 aliphatic heterocycles. The predicted octanol–water partition coefficient (Wildman–Crippen LogP) is 2.69. The maximum Gasteiger partial charge on any atom is 0.350 e. The Morgan fingerprint density at radius 1 is 1.26 bits per heavy atom. The van der Waals surface area contributed by atoms with E-state index in [1.165, 1.54) is 26.0 Å². The molecule has 1 aromatic carbocycles. The lowest BCUT2D eigenvalue weighted by Crippen LogP contribution is -2.42. The Morgan fingerprint density at radius 3 is 2.35 bits per heavy atom. The van der Waals surface area contributed by atoms with Gasteiger partial charge in [0, 0.05) is 31.8 Å². The molecule has 2 rings (SSSR count). The highest BCUT2D eigenvalue weighted by Gasteiger charge is 2.39. The Labute approximate surface area is 136 Å². The molecule has 0 saturated carbocycles. The zero-order chi connectivity index (χ0) is 17.4. The summed E-state index contributed by atoms with van der Waals surface area (Å²) in [4.78, 5) is 33.8. The van der Waals surface area contributed by atoms with Crippen molar-refractivity contribution in [2.24, 2.45) is 0 Å². The van der Waals surface area contributed by atoms with Crippen molar-refractivity contribution in [2.75, 3.05) is 5.32 Å². The number of cyclic esters (lactones) is 2. The SMILES string of the molecule is Cc1c(NC=C2C(=O)OC(C)(C)OC2=O)ccc([N+](=O)[O-])c1Cl. The second kappa shape index (κ2) is 5.88. The summed E-state index contributed by atoms with van der Waals surface area (Å²) in [6.07, 6.45) is 1.12. The average molecular weight is 341 g/mol. The molecule has 0 bridgehead atoms. The van der Waals surface area contributed by atoms with Crippen LogP contribution >= 0.6 is 11.6 Å². The van der Waals surface area contributed by atoms with E-state index in [0.717, 1.165) is 6.20 Å². The summed E-state index contributed by atoms with van der Waals surface area (Å²) in [6, 6.07) is 2.64. The Hall–Kier alpha value is -2.61. The predicted molar refractivity (Wildman–Crippen MR) is 80.8 cm³/mol. The molecule has 0 radical (unpaired) electrons. The van der Waals surface area contributed by atoms with Crippen LogP contribution in [0.3, 0.4) is 0 Å². The van der Waals surface area contributed by atoms with Crippen molar-refractivity contribution >= 4 is 34.9 Å². The minimum atomic E-state index is -1.32. The van der Waals surface area contributed by atoms with Crippen LogP contribution in [0.4, 0.5) is 11.4 Å². The van der Waals surface area contributed by atoms with E-state index in [-0.39, 0.29) is 16.3 Å². The van der Waals surface area contributed by atoms with Gasteiger partial charge in [0.05, 0.1) is 4.92 Å². The van der Waals surface area contributed by atoms with E-state index in [0.29, 0.717) is 11.3 Å². The number of benzene rings is 1. The smallest absolute Gasteiger partial charge is 0.350 e. The first-order valence-electron chi connectivity index (χ1n) is 6.49. The number of nitro benzene ring substituents is 1. The fourth-order valence-electron chi connectivity index (χ4n) is 1.90. The third-order valence-corrected chi connectivity index (χ3v) is 3.53. The van der Waals surface area contributed by atoms with Gasteiger partial charge in [-0.25, -0.2) is 9.59 Å². The summed E-state index contributed by atoms with van der Waals surface area (Å²) >= 11 is 5.92. The van der Waals surface area contributed by atoms with Crippen LogP contribution in [0.25, 0.3) is 0 Å². The topological polar surface area (TPSA) is 108 Å². The number of halogens is 1. The van der Waals surface area contributed by atoms with E-state index in [9.17, 15) is 19.7 Å². The largest absolute Gasteiger partial charge is 0.419 e. The van der Waals surface area contributed by atoms with Gasteiger partial charge in [0.1, 0.15) is 5.02 Å². The van der Waals surface area contributed by atoms with Crippen molar-refractivity contribution in [3.8, 4) is 0 Å². The van der Waals surface area contributed by atoms with Gasteiger partial charge in [-0.05, 0) is 18.6 Å².